The highest BCUT2D eigenvalue weighted by molar-refractivity contribution is 5.78. The molecule has 3 rings (SSSR count). The standard InChI is InChI=1S/C19H27N5/c1-16-21-9-12-24(16)15-18-8-6-7-17(13-18)14-22-19(20)23-10-4-2-3-5-11-23/h6-9,12-13H,2-5,10-11,14-15H2,1H3,(H2,20,22). The highest BCUT2D eigenvalue weighted by Gasteiger charge is 2.10. The molecule has 0 saturated carbocycles. The van der Waals surface area contributed by atoms with E-state index in [1.54, 1.807) is 0 Å². The molecular formula is C19H27N5. The molecule has 1 aliphatic heterocycles. The number of nitrogens with two attached hydrogens (primary N) is 1. The maximum atomic E-state index is 6.20. The molecule has 2 aromatic rings. The lowest BCUT2D eigenvalue weighted by Gasteiger charge is -2.21. The summed E-state index contributed by atoms with van der Waals surface area (Å²) in [5.41, 5.74) is 8.66. The lowest BCUT2D eigenvalue weighted by atomic mass is 10.1. The predicted octanol–water partition coefficient (Wildman–Crippen LogP) is 2.93. The van der Waals surface area contributed by atoms with Gasteiger partial charge in [-0.1, -0.05) is 37.1 Å². The number of benzene rings is 1. The minimum absolute atomic E-state index is 0.638. The van der Waals surface area contributed by atoms with Crippen molar-refractivity contribution in [2.45, 2.75) is 45.7 Å². The van der Waals surface area contributed by atoms with E-state index < -0.39 is 0 Å². The van der Waals surface area contributed by atoms with Crippen LogP contribution in [-0.2, 0) is 13.1 Å². The van der Waals surface area contributed by atoms with Crippen LogP contribution in [0.25, 0.3) is 0 Å². The van der Waals surface area contributed by atoms with Crippen molar-refractivity contribution in [3.63, 3.8) is 0 Å². The molecule has 1 aromatic carbocycles. The first-order valence-corrected chi connectivity index (χ1v) is 8.83. The van der Waals surface area contributed by atoms with Crippen LogP contribution in [0.15, 0.2) is 41.7 Å². The van der Waals surface area contributed by atoms with Gasteiger partial charge >= 0.3 is 0 Å². The van der Waals surface area contributed by atoms with Gasteiger partial charge in [-0.25, -0.2) is 9.98 Å². The Labute approximate surface area is 144 Å². The van der Waals surface area contributed by atoms with Crippen LogP contribution >= 0.6 is 0 Å². The Morgan fingerprint density at radius 2 is 1.92 bits per heavy atom. The van der Waals surface area contributed by atoms with Gasteiger partial charge in [0.2, 0.25) is 0 Å². The van der Waals surface area contributed by atoms with Gasteiger partial charge < -0.3 is 15.2 Å². The summed E-state index contributed by atoms with van der Waals surface area (Å²) in [6, 6.07) is 8.56. The smallest absolute Gasteiger partial charge is 0.191 e. The van der Waals surface area contributed by atoms with E-state index in [1.165, 1.54) is 36.8 Å². The van der Waals surface area contributed by atoms with Gasteiger partial charge in [0.25, 0.3) is 0 Å². The van der Waals surface area contributed by atoms with E-state index >= 15 is 0 Å². The molecular weight excluding hydrogens is 298 g/mol. The molecule has 0 spiro atoms. The van der Waals surface area contributed by atoms with Crippen LogP contribution in [0.1, 0.15) is 42.6 Å². The van der Waals surface area contributed by atoms with E-state index in [0.29, 0.717) is 12.5 Å². The average Bonchev–Trinajstić information content (AvgIpc) is 2.84. The van der Waals surface area contributed by atoms with Crippen molar-refractivity contribution in [2.75, 3.05) is 13.1 Å². The number of hydrogen-bond donors (Lipinski definition) is 1. The third-order valence-corrected chi connectivity index (χ3v) is 4.62. The summed E-state index contributed by atoms with van der Waals surface area (Å²) < 4.78 is 2.15. The molecule has 0 radical (unpaired) electrons. The van der Waals surface area contributed by atoms with Gasteiger partial charge in [0.15, 0.2) is 5.96 Å². The van der Waals surface area contributed by atoms with Crippen LogP contribution in [0, 0.1) is 6.92 Å². The SMILES string of the molecule is Cc1nccn1Cc1cccc(CN=C(N)N2CCCCCC2)c1. The lowest BCUT2D eigenvalue weighted by molar-refractivity contribution is 0.428. The van der Waals surface area contributed by atoms with E-state index in [1.807, 2.05) is 19.3 Å². The van der Waals surface area contributed by atoms with Gasteiger partial charge in [0, 0.05) is 32.0 Å². The minimum atomic E-state index is 0.638. The second-order valence-corrected chi connectivity index (χ2v) is 6.50. The Hall–Kier alpha value is -2.30. The fourth-order valence-electron chi connectivity index (χ4n) is 3.17. The number of aliphatic imine (C=N–C) groups is 1. The summed E-state index contributed by atoms with van der Waals surface area (Å²) in [6.45, 7) is 5.57. The van der Waals surface area contributed by atoms with E-state index in [0.717, 1.165) is 25.5 Å². The number of guanidine groups is 1. The summed E-state index contributed by atoms with van der Waals surface area (Å²) in [4.78, 5) is 11.1. The first-order chi connectivity index (χ1) is 11.7. The van der Waals surface area contributed by atoms with Crippen LogP contribution in [0.3, 0.4) is 0 Å². The molecule has 5 heteroatoms. The van der Waals surface area contributed by atoms with Crippen molar-refractivity contribution in [1.29, 1.82) is 0 Å². The molecule has 1 saturated heterocycles. The fourth-order valence-corrected chi connectivity index (χ4v) is 3.17. The minimum Gasteiger partial charge on any atom is -0.370 e. The Balaban J connectivity index is 1.63. The van der Waals surface area contributed by atoms with Crippen molar-refractivity contribution in [2.24, 2.45) is 10.7 Å². The van der Waals surface area contributed by atoms with Crippen molar-refractivity contribution in [1.82, 2.24) is 14.5 Å². The molecule has 0 aliphatic carbocycles. The maximum absolute atomic E-state index is 6.20. The van der Waals surface area contributed by atoms with Gasteiger partial charge in [0.1, 0.15) is 5.82 Å². The number of aryl methyl sites for hydroxylation is 1. The third-order valence-electron chi connectivity index (χ3n) is 4.62. The zero-order valence-electron chi connectivity index (χ0n) is 14.5. The molecule has 0 atom stereocenters. The number of nitrogens with zero attached hydrogens (tertiary/aromatic N) is 4. The van der Waals surface area contributed by atoms with Gasteiger partial charge in [-0.3, -0.25) is 0 Å². The van der Waals surface area contributed by atoms with Gasteiger partial charge in [0.05, 0.1) is 6.54 Å². The molecule has 2 N–H and O–H groups in total. The van der Waals surface area contributed by atoms with E-state index in [-0.39, 0.29) is 0 Å². The van der Waals surface area contributed by atoms with E-state index in [9.17, 15) is 0 Å². The first kappa shape index (κ1) is 16.6. The lowest BCUT2D eigenvalue weighted by Crippen LogP contribution is -2.38. The second-order valence-electron chi connectivity index (χ2n) is 6.50. The highest BCUT2D eigenvalue weighted by atomic mass is 15.2. The fraction of sp³-hybridized carbons (Fsp3) is 0.474. The zero-order valence-corrected chi connectivity index (χ0v) is 14.5. The quantitative estimate of drug-likeness (QED) is 0.694. The van der Waals surface area contributed by atoms with Gasteiger partial charge in [-0.2, -0.15) is 0 Å². The molecule has 1 aliphatic rings. The first-order valence-electron chi connectivity index (χ1n) is 8.83. The molecule has 128 valence electrons. The molecule has 0 bridgehead atoms. The Morgan fingerprint density at radius 1 is 1.17 bits per heavy atom. The normalized spacial score (nSPS) is 16.2. The largest absolute Gasteiger partial charge is 0.370 e. The topological polar surface area (TPSA) is 59.4 Å². The number of imidazole rings is 1. The molecule has 1 aromatic heterocycles. The monoisotopic (exact) mass is 325 g/mol. The number of hydrogen-bond acceptors (Lipinski definition) is 2. The number of likely N-dealkylation sites (tertiary alicyclic amines) is 1. The molecule has 0 unspecified atom stereocenters. The predicted molar refractivity (Wildman–Crippen MR) is 97.9 cm³/mol. The maximum Gasteiger partial charge on any atom is 0.191 e. The molecule has 1 fully saturated rings. The van der Waals surface area contributed by atoms with Crippen molar-refractivity contribution < 1.29 is 0 Å². The highest BCUT2D eigenvalue weighted by Crippen LogP contribution is 2.12. The van der Waals surface area contributed by atoms with Crippen LogP contribution in [-0.4, -0.2) is 33.5 Å². The van der Waals surface area contributed by atoms with Crippen molar-refractivity contribution in [3.8, 4) is 0 Å². The van der Waals surface area contributed by atoms with Gasteiger partial charge in [-0.15, -0.1) is 0 Å². The zero-order chi connectivity index (χ0) is 16.8. The molecule has 5 nitrogen and oxygen atoms in total. The summed E-state index contributed by atoms with van der Waals surface area (Å²) >= 11 is 0. The van der Waals surface area contributed by atoms with E-state index in [2.05, 4.69) is 43.7 Å². The van der Waals surface area contributed by atoms with Crippen LogP contribution in [0.2, 0.25) is 0 Å². The summed E-state index contributed by atoms with van der Waals surface area (Å²) in [6.07, 6.45) is 8.90. The molecule has 24 heavy (non-hydrogen) atoms. The third kappa shape index (κ3) is 4.37. The van der Waals surface area contributed by atoms with E-state index in [4.69, 9.17) is 5.73 Å². The van der Waals surface area contributed by atoms with Crippen LogP contribution < -0.4 is 5.73 Å². The molecule has 0 amide bonds. The molecule has 2 heterocycles. The number of rotatable bonds is 4. The second kappa shape index (κ2) is 7.99. The summed E-state index contributed by atoms with van der Waals surface area (Å²) in [5, 5.41) is 0. The van der Waals surface area contributed by atoms with Gasteiger partial charge in [-0.05, 0) is 30.9 Å². The average molecular weight is 325 g/mol. The van der Waals surface area contributed by atoms with Crippen molar-refractivity contribution in [3.05, 3.63) is 53.6 Å². The Bertz CT molecular complexity index is 681. The number of aromatic nitrogens is 2. The summed E-state index contributed by atoms with van der Waals surface area (Å²) in [5.74, 6) is 1.72. The Morgan fingerprint density at radius 3 is 2.62 bits per heavy atom. The van der Waals surface area contributed by atoms with Crippen LogP contribution in [0.4, 0.5) is 0 Å². The Kier molecular flexibility index (Phi) is 5.51. The van der Waals surface area contributed by atoms with Crippen molar-refractivity contribution >= 4 is 5.96 Å². The summed E-state index contributed by atoms with van der Waals surface area (Å²) in [7, 11) is 0. The van der Waals surface area contributed by atoms with Crippen LogP contribution in [0.5, 0.6) is 0 Å².